The first-order valence-electron chi connectivity index (χ1n) is 8.14. The van der Waals surface area contributed by atoms with E-state index in [2.05, 4.69) is 23.2 Å². The molecule has 0 aromatic rings. The number of hydrogen-bond donors (Lipinski definition) is 1. The van der Waals surface area contributed by atoms with Gasteiger partial charge in [-0.1, -0.05) is 0 Å². The second-order valence-electron chi connectivity index (χ2n) is 6.66. The molecule has 1 saturated heterocycles. The molecule has 2 unspecified atom stereocenters. The van der Waals surface area contributed by atoms with Gasteiger partial charge in [-0.2, -0.15) is 5.26 Å². The SMILES string of the molecule is CC1CN(CCCCC(C)(C#N)NC2CC2)CCCO1. The minimum atomic E-state index is -0.323. The fourth-order valence-corrected chi connectivity index (χ4v) is 2.94. The van der Waals surface area contributed by atoms with Crippen molar-refractivity contribution in [2.24, 2.45) is 0 Å². The van der Waals surface area contributed by atoms with E-state index in [0.717, 1.165) is 45.5 Å². The fourth-order valence-electron chi connectivity index (χ4n) is 2.94. The molecule has 2 aliphatic rings. The standard InChI is InChI=1S/C16H29N3O/c1-14-12-19(10-5-11-20-14)9-4-3-8-16(2,13-17)18-15-6-7-15/h14-15,18H,3-12H2,1-2H3. The average molecular weight is 279 g/mol. The lowest BCUT2D eigenvalue weighted by atomic mass is 9.96. The molecule has 1 aliphatic heterocycles. The van der Waals surface area contributed by atoms with Crippen LogP contribution in [0.4, 0.5) is 0 Å². The Bertz CT molecular complexity index is 337. The number of nitriles is 1. The lowest BCUT2D eigenvalue weighted by Gasteiger charge is -2.25. The highest BCUT2D eigenvalue weighted by atomic mass is 16.5. The first-order valence-corrected chi connectivity index (χ1v) is 8.14. The zero-order valence-corrected chi connectivity index (χ0v) is 13.0. The summed E-state index contributed by atoms with van der Waals surface area (Å²) in [4.78, 5) is 2.51. The normalized spacial score (nSPS) is 27.6. The van der Waals surface area contributed by atoms with Crippen LogP contribution < -0.4 is 5.32 Å². The molecule has 2 fully saturated rings. The van der Waals surface area contributed by atoms with Crippen LogP contribution in [-0.2, 0) is 4.74 Å². The van der Waals surface area contributed by atoms with Crippen LogP contribution in [0, 0.1) is 11.3 Å². The van der Waals surface area contributed by atoms with Gasteiger partial charge in [0.05, 0.1) is 12.2 Å². The quantitative estimate of drug-likeness (QED) is 0.727. The molecule has 0 amide bonds. The molecule has 1 aliphatic carbocycles. The van der Waals surface area contributed by atoms with Gasteiger partial charge in [0.1, 0.15) is 5.54 Å². The van der Waals surface area contributed by atoms with Crippen LogP contribution in [0.2, 0.25) is 0 Å². The van der Waals surface area contributed by atoms with Crippen LogP contribution in [0.25, 0.3) is 0 Å². The number of hydrogen-bond acceptors (Lipinski definition) is 4. The number of rotatable bonds is 7. The maximum absolute atomic E-state index is 9.34. The predicted octanol–water partition coefficient (Wildman–Crippen LogP) is 2.30. The van der Waals surface area contributed by atoms with Gasteiger partial charge in [0, 0.05) is 25.7 Å². The number of nitrogens with one attached hydrogen (secondary N) is 1. The molecule has 4 nitrogen and oxygen atoms in total. The molecule has 0 radical (unpaired) electrons. The lowest BCUT2D eigenvalue weighted by molar-refractivity contribution is 0.0675. The first-order chi connectivity index (χ1) is 9.61. The second-order valence-corrected chi connectivity index (χ2v) is 6.66. The van der Waals surface area contributed by atoms with Gasteiger partial charge in [0.2, 0.25) is 0 Å². The smallest absolute Gasteiger partial charge is 0.104 e. The van der Waals surface area contributed by atoms with E-state index >= 15 is 0 Å². The molecule has 0 bridgehead atoms. The highest BCUT2D eigenvalue weighted by Crippen LogP contribution is 2.24. The Labute approximate surface area is 123 Å². The van der Waals surface area contributed by atoms with Crippen LogP contribution >= 0.6 is 0 Å². The summed E-state index contributed by atoms with van der Waals surface area (Å²) in [6.07, 6.45) is 7.24. The fraction of sp³-hybridized carbons (Fsp3) is 0.938. The summed E-state index contributed by atoms with van der Waals surface area (Å²) in [5.74, 6) is 0. The van der Waals surface area contributed by atoms with Gasteiger partial charge in [-0.05, 0) is 58.9 Å². The Morgan fingerprint density at radius 2 is 2.20 bits per heavy atom. The van der Waals surface area contributed by atoms with Gasteiger partial charge < -0.3 is 9.64 Å². The molecular weight excluding hydrogens is 250 g/mol. The van der Waals surface area contributed by atoms with Gasteiger partial charge >= 0.3 is 0 Å². The largest absolute Gasteiger partial charge is 0.377 e. The van der Waals surface area contributed by atoms with Crippen molar-refractivity contribution in [1.29, 1.82) is 5.26 Å². The summed E-state index contributed by atoms with van der Waals surface area (Å²) in [5.41, 5.74) is -0.323. The highest BCUT2D eigenvalue weighted by Gasteiger charge is 2.31. The van der Waals surface area contributed by atoms with Crippen molar-refractivity contribution in [3.63, 3.8) is 0 Å². The van der Waals surface area contributed by atoms with E-state index in [1.807, 2.05) is 6.92 Å². The molecule has 0 aromatic heterocycles. The van der Waals surface area contributed by atoms with E-state index in [4.69, 9.17) is 4.74 Å². The van der Waals surface area contributed by atoms with Crippen molar-refractivity contribution in [2.75, 3.05) is 26.2 Å². The molecule has 0 aromatic carbocycles. The molecule has 20 heavy (non-hydrogen) atoms. The van der Waals surface area contributed by atoms with Gasteiger partial charge in [0.15, 0.2) is 0 Å². The monoisotopic (exact) mass is 279 g/mol. The highest BCUT2D eigenvalue weighted by molar-refractivity contribution is 5.06. The molecular formula is C16H29N3O. The van der Waals surface area contributed by atoms with Crippen molar-refractivity contribution < 1.29 is 4.74 Å². The number of unbranched alkanes of at least 4 members (excludes halogenated alkanes) is 1. The zero-order chi connectivity index (χ0) is 14.4. The van der Waals surface area contributed by atoms with Gasteiger partial charge in [-0.15, -0.1) is 0 Å². The predicted molar refractivity (Wildman–Crippen MR) is 80.5 cm³/mol. The van der Waals surface area contributed by atoms with E-state index in [-0.39, 0.29) is 5.54 Å². The molecule has 0 spiro atoms. The Balaban J connectivity index is 1.63. The topological polar surface area (TPSA) is 48.3 Å². The summed E-state index contributed by atoms with van der Waals surface area (Å²) in [7, 11) is 0. The summed E-state index contributed by atoms with van der Waals surface area (Å²) < 4.78 is 5.67. The Morgan fingerprint density at radius 1 is 1.40 bits per heavy atom. The van der Waals surface area contributed by atoms with Crippen molar-refractivity contribution in [3.05, 3.63) is 0 Å². The summed E-state index contributed by atoms with van der Waals surface area (Å²) >= 11 is 0. The molecule has 1 saturated carbocycles. The third kappa shape index (κ3) is 5.40. The van der Waals surface area contributed by atoms with Crippen molar-refractivity contribution in [3.8, 4) is 6.07 Å². The molecule has 2 atom stereocenters. The molecule has 2 rings (SSSR count). The molecule has 1 heterocycles. The van der Waals surface area contributed by atoms with Crippen molar-refractivity contribution >= 4 is 0 Å². The van der Waals surface area contributed by atoms with E-state index < -0.39 is 0 Å². The lowest BCUT2D eigenvalue weighted by Crippen LogP contribution is -2.42. The molecule has 1 N–H and O–H groups in total. The first kappa shape index (κ1) is 15.8. The molecule has 4 heteroatoms. The second kappa shape index (κ2) is 7.40. The summed E-state index contributed by atoms with van der Waals surface area (Å²) in [6.45, 7) is 8.45. The van der Waals surface area contributed by atoms with Crippen LogP contribution in [0.15, 0.2) is 0 Å². The third-order valence-electron chi connectivity index (χ3n) is 4.28. The minimum absolute atomic E-state index is 0.323. The van der Waals surface area contributed by atoms with Crippen molar-refractivity contribution in [2.45, 2.75) is 70.1 Å². The average Bonchev–Trinajstić information content (AvgIpc) is 3.23. The minimum Gasteiger partial charge on any atom is -0.377 e. The van der Waals surface area contributed by atoms with E-state index in [1.165, 1.54) is 19.3 Å². The third-order valence-corrected chi connectivity index (χ3v) is 4.28. The van der Waals surface area contributed by atoms with E-state index in [0.29, 0.717) is 12.1 Å². The number of ether oxygens (including phenoxy) is 1. The Morgan fingerprint density at radius 3 is 2.90 bits per heavy atom. The molecule has 114 valence electrons. The van der Waals surface area contributed by atoms with Gasteiger partial charge in [-0.25, -0.2) is 0 Å². The van der Waals surface area contributed by atoms with Gasteiger partial charge in [0.25, 0.3) is 0 Å². The Kier molecular flexibility index (Phi) is 5.83. The van der Waals surface area contributed by atoms with Gasteiger partial charge in [-0.3, -0.25) is 5.32 Å². The van der Waals surface area contributed by atoms with Crippen LogP contribution in [0.1, 0.15) is 52.4 Å². The van der Waals surface area contributed by atoms with Crippen LogP contribution in [0.5, 0.6) is 0 Å². The van der Waals surface area contributed by atoms with Crippen molar-refractivity contribution in [1.82, 2.24) is 10.2 Å². The van der Waals surface area contributed by atoms with Crippen LogP contribution in [-0.4, -0.2) is 48.8 Å². The van der Waals surface area contributed by atoms with E-state index in [9.17, 15) is 5.26 Å². The maximum Gasteiger partial charge on any atom is 0.104 e. The maximum atomic E-state index is 9.34. The van der Waals surface area contributed by atoms with E-state index in [1.54, 1.807) is 0 Å². The summed E-state index contributed by atoms with van der Waals surface area (Å²) in [6, 6.07) is 3.06. The van der Waals surface area contributed by atoms with Crippen LogP contribution in [0.3, 0.4) is 0 Å². The summed E-state index contributed by atoms with van der Waals surface area (Å²) in [5, 5.41) is 12.8. The number of nitrogens with zero attached hydrogens (tertiary/aromatic N) is 2. The zero-order valence-electron chi connectivity index (χ0n) is 13.0. The Hall–Kier alpha value is -0.630.